The Bertz CT molecular complexity index is 541. The molecule has 0 aliphatic carbocycles. The molecule has 0 heterocycles. The van der Waals surface area contributed by atoms with E-state index in [1.165, 1.54) is 13.0 Å². The van der Waals surface area contributed by atoms with E-state index in [-0.39, 0.29) is 24.5 Å². The molecule has 1 aromatic carbocycles. The molecule has 0 unspecified atom stereocenters. The van der Waals surface area contributed by atoms with E-state index >= 15 is 0 Å². The molecule has 4 nitrogen and oxygen atoms in total. The van der Waals surface area contributed by atoms with E-state index < -0.39 is 21.8 Å². The zero-order valence-electron chi connectivity index (χ0n) is 10.2. The van der Waals surface area contributed by atoms with Gasteiger partial charge in [0.05, 0.1) is 17.0 Å². The smallest absolute Gasteiger partial charge is 0.396 e. The summed E-state index contributed by atoms with van der Waals surface area (Å²) in [6, 6.07) is 2.85. The van der Waals surface area contributed by atoms with E-state index in [0.29, 0.717) is 5.56 Å². The monoisotopic (exact) mass is 297 g/mol. The lowest BCUT2D eigenvalue weighted by molar-refractivity contribution is -0.137. The molecule has 1 rings (SSSR count). The largest absolute Gasteiger partial charge is 0.416 e. The lowest BCUT2D eigenvalue weighted by atomic mass is 10.1. The molecule has 0 aliphatic heterocycles. The SMILES string of the molecule is Cc1ccc(C(F)(F)F)cc1NS(=O)(=O)CCCO. The van der Waals surface area contributed by atoms with Crippen molar-refractivity contribution < 1.29 is 26.7 Å². The van der Waals surface area contributed by atoms with Gasteiger partial charge in [0.15, 0.2) is 0 Å². The van der Waals surface area contributed by atoms with Gasteiger partial charge in [-0.3, -0.25) is 4.72 Å². The minimum atomic E-state index is -4.53. The average molecular weight is 297 g/mol. The third kappa shape index (κ3) is 4.71. The fraction of sp³-hybridized carbons (Fsp3) is 0.455. The third-order valence-corrected chi connectivity index (χ3v) is 3.76. The van der Waals surface area contributed by atoms with Crippen molar-refractivity contribution in [1.82, 2.24) is 0 Å². The molecule has 0 aromatic heterocycles. The highest BCUT2D eigenvalue weighted by Crippen LogP contribution is 2.32. The van der Waals surface area contributed by atoms with Crippen LogP contribution in [0.2, 0.25) is 0 Å². The Kier molecular flexibility index (Phi) is 4.81. The minimum absolute atomic E-state index is 0.0212. The molecule has 108 valence electrons. The number of hydrogen-bond acceptors (Lipinski definition) is 3. The van der Waals surface area contributed by atoms with Crippen molar-refractivity contribution in [2.75, 3.05) is 17.1 Å². The first-order valence-corrected chi connectivity index (χ1v) is 7.10. The van der Waals surface area contributed by atoms with E-state index in [9.17, 15) is 21.6 Å². The first-order valence-electron chi connectivity index (χ1n) is 5.45. The summed E-state index contributed by atoms with van der Waals surface area (Å²) in [5, 5.41) is 8.56. The fourth-order valence-electron chi connectivity index (χ4n) is 1.38. The number of sulfonamides is 1. The second kappa shape index (κ2) is 5.79. The maximum absolute atomic E-state index is 12.5. The molecule has 0 aliphatic rings. The average Bonchev–Trinajstić information content (AvgIpc) is 2.28. The Hall–Kier alpha value is -1.28. The number of nitrogens with one attached hydrogen (secondary N) is 1. The van der Waals surface area contributed by atoms with Gasteiger partial charge < -0.3 is 5.11 Å². The number of halogens is 3. The highest BCUT2D eigenvalue weighted by Gasteiger charge is 2.31. The summed E-state index contributed by atoms with van der Waals surface area (Å²) >= 11 is 0. The van der Waals surface area contributed by atoms with Gasteiger partial charge >= 0.3 is 6.18 Å². The van der Waals surface area contributed by atoms with Gasteiger partial charge in [-0.2, -0.15) is 13.2 Å². The van der Waals surface area contributed by atoms with Crippen LogP contribution < -0.4 is 4.72 Å². The Morgan fingerprint density at radius 2 is 1.95 bits per heavy atom. The van der Waals surface area contributed by atoms with Crippen molar-refractivity contribution in [3.05, 3.63) is 29.3 Å². The number of alkyl halides is 3. The van der Waals surface area contributed by atoms with Crippen LogP contribution in [-0.2, 0) is 16.2 Å². The standard InChI is InChI=1S/C11H14F3NO3S/c1-8-3-4-9(11(12,13)14)7-10(8)15-19(17,18)6-2-5-16/h3-4,7,15-16H,2,5-6H2,1H3. The van der Waals surface area contributed by atoms with Gasteiger partial charge in [-0.25, -0.2) is 8.42 Å². The van der Waals surface area contributed by atoms with Crippen molar-refractivity contribution >= 4 is 15.7 Å². The number of hydrogen-bond donors (Lipinski definition) is 2. The molecule has 0 bridgehead atoms. The number of aryl methyl sites for hydroxylation is 1. The van der Waals surface area contributed by atoms with Crippen LogP contribution >= 0.6 is 0 Å². The van der Waals surface area contributed by atoms with E-state index in [4.69, 9.17) is 5.11 Å². The van der Waals surface area contributed by atoms with Crippen LogP contribution in [0.25, 0.3) is 0 Å². The van der Waals surface area contributed by atoms with Crippen LogP contribution in [0.1, 0.15) is 17.5 Å². The molecular weight excluding hydrogens is 283 g/mol. The number of benzene rings is 1. The molecule has 0 amide bonds. The molecule has 0 fully saturated rings. The van der Waals surface area contributed by atoms with E-state index in [1.54, 1.807) is 0 Å². The summed E-state index contributed by atoms with van der Waals surface area (Å²) in [6.07, 6.45) is -4.51. The van der Waals surface area contributed by atoms with Gasteiger partial charge in [0.1, 0.15) is 0 Å². The molecule has 2 N–H and O–H groups in total. The van der Waals surface area contributed by atoms with Gasteiger partial charge in [0.2, 0.25) is 10.0 Å². The Morgan fingerprint density at radius 1 is 1.32 bits per heavy atom. The zero-order chi connectivity index (χ0) is 14.7. The molecule has 1 aromatic rings. The second-order valence-electron chi connectivity index (χ2n) is 4.03. The van der Waals surface area contributed by atoms with Gasteiger partial charge in [0, 0.05) is 6.61 Å². The number of anilines is 1. The van der Waals surface area contributed by atoms with Gasteiger partial charge in [-0.05, 0) is 31.0 Å². The predicted molar refractivity (Wildman–Crippen MR) is 65.3 cm³/mol. The van der Waals surface area contributed by atoms with E-state index in [2.05, 4.69) is 4.72 Å². The Morgan fingerprint density at radius 3 is 2.47 bits per heavy atom. The summed E-state index contributed by atoms with van der Waals surface area (Å²) in [4.78, 5) is 0. The van der Waals surface area contributed by atoms with Gasteiger partial charge in [-0.1, -0.05) is 6.07 Å². The zero-order valence-corrected chi connectivity index (χ0v) is 11.0. The fourth-order valence-corrected chi connectivity index (χ4v) is 2.55. The molecule has 19 heavy (non-hydrogen) atoms. The maximum Gasteiger partial charge on any atom is 0.416 e. The van der Waals surface area contributed by atoms with Crippen LogP contribution in [-0.4, -0.2) is 25.9 Å². The first-order chi connectivity index (χ1) is 8.65. The number of rotatable bonds is 5. The Labute approximate surface area is 109 Å². The van der Waals surface area contributed by atoms with E-state index in [0.717, 1.165) is 12.1 Å². The van der Waals surface area contributed by atoms with Crippen molar-refractivity contribution in [3.63, 3.8) is 0 Å². The van der Waals surface area contributed by atoms with Gasteiger partial charge in [0.25, 0.3) is 0 Å². The summed E-state index contributed by atoms with van der Waals surface area (Å²) in [7, 11) is -3.76. The lowest BCUT2D eigenvalue weighted by Crippen LogP contribution is -2.18. The molecule has 0 saturated carbocycles. The normalized spacial score (nSPS) is 12.5. The summed E-state index contributed by atoms with van der Waals surface area (Å²) in [5.74, 6) is -0.348. The van der Waals surface area contributed by atoms with Crippen LogP contribution in [0.3, 0.4) is 0 Å². The third-order valence-electron chi connectivity index (χ3n) is 2.40. The van der Waals surface area contributed by atoms with Crippen LogP contribution in [0.5, 0.6) is 0 Å². The van der Waals surface area contributed by atoms with Crippen molar-refractivity contribution in [3.8, 4) is 0 Å². The Balaban J connectivity index is 3.01. The summed E-state index contributed by atoms with van der Waals surface area (Å²) in [6.45, 7) is 1.20. The quantitative estimate of drug-likeness (QED) is 0.875. The van der Waals surface area contributed by atoms with Crippen LogP contribution in [0.4, 0.5) is 18.9 Å². The first kappa shape index (κ1) is 15.8. The number of aliphatic hydroxyl groups is 1. The van der Waals surface area contributed by atoms with Crippen molar-refractivity contribution in [1.29, 1.82) is 0 Å². The molecule has 0 radical (unpaired) electrons. The maximum atomic E-state index is 12.5. The second-order valence-corrected chi connectivity index (χ2v) is 5.87. The molecule has 0 spiro atoms. The summed E-state index contributed by atoms with van der Waals surface area (Å²) in [5.41, 5.74) is -0.633. The van der Waals surface area contributed by atoms with E-state index in [1.807, 2.05) is 0 Å². The molecule has 8 heteroatoms. The number of aliphatic hydroxyl groups excluding tert-OH is 1. The van der Waals surface area contributed by atoms with Crippen LogP contribution in [0.15, 0.2) is 18.2 Å². The highest BCUT2D eigenvalue weighted by atomic mass is 32.2. The molecule has 0 atom stereocenters. The topological polar surface area (TPSA) is 66.4 Å². The molecule has 0 saturated heterocycles. The van der Waals surface area contributed by atoms with Gasteiger partial charge in [-0.15, -0.1) is 0 Å². The molecular formula is C11H14F3NO3S. The summed E-state index contributed by atoms with van der Waals surface area (Å²) < 4.78 is 62.8. The van der Waals surface area contributed by atoms with Crippen molar-refractivity contribution in [2.24, 2.45) is 0 Å². The van der Waals surface area contributed by atoms with Crippen LogP contribution in [0, 0.1) is 6.92 Å². The lowest BCUT2D eigenvalue weighted by Gasteiger charge is -2.13. The van der Waals surface area contributed by atoms with Crippen molar-refractivity contribution in [2.45, 2.75) is 19.5 Å². The predicted octanol–water partition coefficient (Wildman–Crippen LogP) is 2.14. The minimum Gasteiger partial charge on any atom is -0.396 e. The highest BCUT2D eigenvalue weighted by molar-refractivity contribution is 7.92.